The first-order valence-electron chi connectivity index (χ1n) is 4.57. The number of aliphatic hydroxyl groups excluding tert-OH is 1. The van der Waals surface area contributed by atoms with Crippen LogP contribution >= 0.6 is 0 Å². The van der Waals surface area contributed by atoms with E-state index in [0.29, 0.717) is 18.6 Å². The van der Waals surface area contributed by atoms with Gasteiger partial charge in [-0.05, 0) is 31.6 Å². The van der Waals surface area contributed by atoms with Gasteiger partial charge in [0.1, 0.15) is 0 Å². The van der Waals surface area contributed by atoms with Crippen LogP contribution in [0.4, 0.5) is 0 Å². The molecule has 0 aromatic carbocycles. The Labute approximate surface area is 68.6 Å². The van der Waals surface area contributed by atoms with Crippen LogP contribution in [0.25, 0.3) is 0 Å². The highest BCUT2D eigenvalue weighted by Crippen LogP contribution is 2.21. The molecule has 1 N–H and O–H groups in total. The van der Waals surface area contributed by atoms with E-state index in [4.69, 9.17) is 9.84 Å². The minimum Gasteiger partial charge on any atom is -0.396 e. The first-order valence-corrected chi connectivity index (χ1v) is 4.57. The molecular formula is C9H18O2. The molecule has 2 heteroatoms. The summed E-state index contributed by atoms with van der Waals surface area (Å²) < 4.78 is 5.58. The Balaban J connectivity index is 2.21. The predicted octanol–water partition coefficient (Wildman–Crippen LogP) is 1.57. The molecule has 0 saturated carbocycles. The third kappa shape index (κ3) is 2.80. The lowest BCUT2D eigenvalue weighted by Gasteiger charge is -2.27. The maximum absolute atomic E-state index is 8.71. The molecule has 0 amide bonds. The van der Waals surface area contributed by atoms with E-state index in [1.165, 1.54) is 19.3 Å². The molecule has 0 radical (unpaired) electrons. The lowest BCUT2D eigenvalue weighted by atomic mass is 9.95. The van der Waals surface area contributed by atoms with Gasteiger partial charge in [-0.2, -0.15) is 0 Å². The van der Waals surface area contributed by atoms with Gasteiger partial charge in [0.15, 0.2) is 0 Å². The molecule has 0 aromatic heterocycles. The smallest absolute Gasteiger partial charge is 0.0601 e. The number of ether oxygens (including phenoxy) is 1. The summed E-state index contributed by atoms with van der Waals surface area (Å²) >= 11 is 0. The molecule has 2 unspecified atom stereocenters. The molecule has 0 spiro atoms. The van der Waals surface area contributed by atoms with Crippen molar-refractivity contribution in [1.29, 1.82) is 0 Å². The van der Waals surface area contributed by atoms with E-state index in [-0.39, 0.29) is 0 Å². The Morgan fingerprint density at radius 1 is 1.55 bits per heavy atom. The van der Waals surface area contributed by atoms with Crippen LogP contribution in [-0.4, -0.2) is 24.4 Å². The predicted molar refractivity (Wildman–Crippen MR) is 44.5 cm³/mol. The minimum atomic E-state index is 0.293. The van der Waals surface area contributed by atoms with Crippen LogP contribution in [0.1, 0.15) is 32.6 Å². The van der Waals surface area contributed by atoms with Crippen molar-refractivity contribution in [2.24, 2.45) is 5.92 Å². The van der Waals surface area contributed by atoms with Gasteiger partial charge in [0.25, 0.3) is 0 Å². The van der Waals surface area contributed by atoms with Gasteiger partial charge >= 0.3 is 0 Å². The van der Waals surface area contributed by atoms with E-state index in [0.717, 1.165) is 13.0 Å². The van der Waals surface area contributed by atoms with Gasteiger partial charge in [-0.1, -0.05) is 6.92 Å². The van der Waals surface area contributed by atoms with Crippen LogP contribution < -0.4 is 0 Å². The molecule has 1 rings (SSSR count). The van der Waals surface area contributed by atoms with Crippen LogP contribution in [0, 0.1) is 5.92 Å². The Morgan fingerprint density at radius 2 is 2.36 bits per heavy atom. The highest BCUT2D eigenvalue weighted by molar-refractivity contribution is 4.69. The Morgan fingerprint density at radius 3 is 2.91 bits per heavy atom. The lowest BCUT2D eigenvalue weighted by Crippen LogP contribution is -2.26. The van der Waals surface area contributed by atoms with Gasteiger partial charge in [0.2, 0.25) is 0 Å². The standard InChI is InChI=1S/C9H18O2/c1-8(5-6-10)9-4-2-3-7-11-9/h8-10H,2-7H2,1H3. The highest BCUT2D eigenvalue weighted by Gasteiger charge is 2.19. The maximum Gasteiger partial charge on any atom is 0.0601 e. The molecule has 1 aliphatic heterocycles. The van der Waals surface area contributed by atoms with Crippen molar-refractivity contribution in [1.82, 2.24) is 0 Å². The van der Waals surface area contributed by atoms with E-state index < -0.39 is 0 Å². The van der Waals surface area contributed by atoms with E-state index in [1.54, 1.807) is 0 Å². The third-order valence-electron chi connectivity index (χ3n) is 2.43. The number of aliphatic hydroxyl groups is 1. The molecule has 0 aromatic rings. The normalized spacial score (nSPS) is 28.4. The molecule has 11 heavy (non-hydrogen) atoms. The van der Waals surface area contributed by atoms with Crippen LogP contribution in [0.5, 0.6) is 0 Å². The summed E-state index contributed by atoms with van der Waals surface area (Å²) in [7, 11) is 0. The second-order valence-corrected chi connectivity index (χ2v) is 3.39. The van der Waals surface area contributed by atoms with Gasteiger partial charge in [-0.15, -0.1) is 0 Å². The van der Waals surface area contributed by atoms with Crippen LogP contribution in [0.2, 0.25) is 0 Å². The molecule has 1 saturated heterocycles. The second-order valence-electron chi connectivity index (χ2n) is 3.39. The molecule has 2 nitrogen and oxygen atoms in total. The van der Waals surface area contributed by atoms with Crippen LogP contribution in [0.3, 0.4) is 0 Å². The average Bonchev–Trinajstić information content (AvgIpc) is 2.07. The van der Waals surface area contributed by atoms with E-state index >= 15 is 0 Å². The summed E-state index contributed by atoms with van der Waals surface area (Å²) in [4.78, 5) is 0. The van der Waals surface area contributed by atoms with Gasteiger partial charge in [-0.25, -0.2) is 0 Å². The fraction of sp³-hybridized carbons (Fsp3) is 1.00. The quantitative estimate of drug-likeness (QED) is 0.675. The van der Waals surface area contributed by atoms with E-state index in [9.17, 15) is 0 Å². The molecule has 0 bridgehead atoms. The first kappa shape index (κ1) is 9.01. The van der Waals surface area contributed by atoms with Crippen molar-refractivity contribution in [2.75, 3.05) is 13.2 Å². The summed E-state index contributed by atoms with van der Waals surface area (Å²) in [5, 5.41) is 8.71. The summed E-state index contributed by atoms with van der Waals surface area (Å²) in [5.74, 6) is 0.528. The Hall–Kier alpha value is -0.0800. The average molecular weight is 158 g/mol. The number of hydrogen-bond donors (Lipinski definition) is 1. The van der Waals surface area contributed by atoms with Gasteiger partial charge in [0, 0.05) is 13.2 Å². The topological polar surface area (TPSA) is 29.5 Å². The summed E-state index contributed by atoms with van der Waals surface area (Å²) in [6.45, 7) is 3.37. The zero-order chi connectivity index (χ0) is 8.10. The fourth-order valence-electron chi connectivity index (χ4n) is 1.60. The molecule has 2 atom stereocenters. The summed E-state index contributed by atoms with van der Waals surface area (Å²) in [5.41, 5.74) is 0. The first-order chi connectivity index (χ1) is 5.34. The fourth-order valence-corrected chi connectivity index (χ4v) is 1.60. The zero-order valence-electron chi connectivity index (χ0n) is 7.25. The molecule has 1 heterocycles. The van der Waals surface area contributed by atoms with Gasteiger partial charge in [0.05, 0.1) is 6.10 Å². The highest BCUT2D eigenvalue weighted by atomic mass is 16.5. The molecular weight excluding hydrogens is 140 g/mol. The van der Waals surface area contributed by atoms with Gasteiger partial charge < -0.3 is 9.84 Å². The van der Waals surface area contributed by atoms with E-state index in [2.05, 4.69) is 6.92 Å². The SMILES string of the molecule is CC(CCO)C1CCCCO1. The molecule has 1 fully saturated rings. The molecule has 0 aliphatic carbocycles. The van der Waals surface area contributed by atoms with Crippen molar-refractivity contribution in [3.63, 3.8) is 0 Å². The third-order valence-corrected chi connectivity index (χ3v) is 2.43. The largest absolute Gasteiger partial charge is 0.396 e. The maximum atomic E-state index is 8.71. The Kier molecular flexibility index (Phi) is 3.87. The molecule has 66 valence electrons. The van der Waals surface area contributed by atoms with Crippen molar-refractivity contribution >= 4 is 0 Å². The lowest BCUT2D eigenvalue weighted by molar-refractivity contribution is -0.0216. The van der Waals surface area contributed by atoms with Crippen molar-refractivity contribution in [3.05, 3.63) is 0 Å². The van der Waals surface area contributed by atoms with Crippen molar-refractivity contribution in [3.8, 4) is 0 Å². The van der Waals surface area contributed by atoms with Gasteiger partial charge in [-0.3, -0.25) is 0 Å². The summed E-state index contributed by atoms with van der Waals surface area (Å²) in [6.07, 6.45) is 4.98. The monoisotopic (exact) mass is 158 g/mol. The van der Waals surface area contributed by atoms with Crippen molar-refractivity contribution < 1.29 is 9.84 Å². The summed E-state index contributed by atoms with van der Waals surface area (Å²) in [6, 6.07) is 0. The minimum absolute atomic E-state index is 0.293. The zero-order valence-corrected chi connectivity index (χ0v) is 7.25. The molecule has 1 aliphatic rings. The van der Waals surface area contributed by atoms with Crippen LogP contribution in [0.15, 0.2) is 0 Å². The van der Waals surface area contributed by atoms with Crippen molar-refractivity contribution in [2.45, 2.75) is 38.7 Å². The number of hydrogen-bond acceptors (Lipinski definition) is 2. The second kappa shape index (κ2) is 4.73. The van der Waals surface area contributed by atoms with E-state index in [1.807, 2.05) is 0 Å². The number of rotatable bonds is 3. The Bertz CT molecular complexity index is 97.7. The van der Waals surface area contributed by atoms with Crippen LogP contribution in [-0.2, 0) is 4.74 Å².